The van der Waals surface area contributed by atoms with Gasteiger partial charge in [0.05, 0.1) is 21.2 Å². The quantitative estimate of drug-likeness (QED) is 0.419. The topological polar surface area (TPSA) is 119 Å². The normalized spacial score (nSPS) is 19.0. The van der Waals surface area contributed by atoms with Crippen molar-refractivity contribution < 1.29 is 9.59 Å². The summed E-state index contributed by atoms with van der Waals surface area (Å²) in [5, 5.41) is 12.6. The van der Waals surface area contributed by atoms with Gasteiger partial charge in [-0.15, -0.1) is 0 Å². The fourth-order valence-electron chi connectivity index (χ4n) is 4.66. The first-order valence-electron chi connectivity index (χ1n) is 11.8. The predicted octanol–water partition coefficient (Wildman–Crippen LogP) is 3.04. The minimum atomic E-state index is -0.417. The lowest BCUT2D eigenvalue weighted by Gasteiger charge is -2.41. The highest BCUT2D eigenvalue weighted by Gasteiger charge is 2.28. The van der Waals surface area contributed by atoms with E-state index in [4.69, 9.17) is 17.3 Å². The smallest absolute Gasteiger partial charge is 0.270 e. The van der Waals surface area contributed by atoms with Gasteiger partial charge in [-0.1, -0.05) is 30.2 Å². The summed E-state index contributed by atoms with van der Waals surface area (Å²) in [6, 6.07) is 7.36. The van der Waals surface area contributed by atoms with Crippen molar-refractivity contribution in [1.29, 1.82) is 0 Å². The van der Waals surface area contributed by atoms with Crippen LogP contribution in [0.5, 0.6) is 0 Å². The first kappa shape index (κ1) is 25.1. The molecular formula is C23H31BrClN7O2. The van der Waals surface area contributed by atoms with Crippen molar-refractivity contribution in [2.75, 3.05) is 38.0 Å². The molecule has 34 heavy (non-hydrogen) atoms. The fourth-order valence-corrected chi connectivity index (χ4v) is 5.34. The summed E-state index contributed by atoms with van der Waals surface area (Å²) >= 11 is 9.43. The highest BCUT2D eigenvalue weighted by molar-refractivity contribution is 9.10. The second-order valence-corrected chi connectivity index (χ2v) is 10.0. The third kappa shape index (κ3) is 5.98. The Morgan fingerprint density at radius 2 is 1.85 bits per heavy atom. The van der Waals surface area contributed by atoms with E-state index in [0.717, 1.165) is 25.9 Å². The average molecular weight is 553 g/mol. The second kappa shape index (κ2) is 11.6. The number of H-pyrrole nitrogens is 1. The van der Waals surface area contributed by atoms with E-state index in [1.807, 2.05) is 0 Å². The van der Waals surface area contributed by atoms with Crippen molar-refractivity contribution in [3.05, 3.63) is 45.0 Å². The maximum Gasteiger partial charge on any atom is 0.270 e. The maximum atomic E-state index is 12.7. The zero-order valence-electron chi connectivity index (χ0n) is 19.0. The van der Waals surface area contributed by atoms with Gasteiger partial charge in [0.25, 0.3) is 11.8 Å². The number of anilines is 1. The predicted molar refractivity (Wildman–Crippen MR) is 136 cm³/mol. The largest absolute Gasteiger partial charge is 0.348 e. The number of carbonyl (C=O) groups excluding carboxylic acids is 2. The molecule has 0 bridgehead atoms. The van der Waals surface area contributed by atoms with Crippen molar-refractivity contribution >= 4 is 45.2 Å². The summed E-state index contributed by atoms with van der Waals surface area (Å²) < 4.78 is 0.362. The summed E-state index contributed by atoms with van der Waals surface area (Å²) in [6.45, 7) is 4.62. The van der Waals surface area contributed by atoms with Gasteiger partial charge in [-0.25, -0.2) is 0 Å². The monoisotopic (exact) mass is 551 g/mol. The molecule has 2 aromatic rings. The molecule has 11 heteroatoms. The highest BCUT2D eigenvalue weighted by Crippen LogP contribution is 2.25. The van der Waals surface area contributed by atoms with Crippen LogP contribution in [0.1, 0.15) is 53.0 Å². The molecule has 0 saturated carbocycles. The molecule has 2 saturated heterocycles. The molecule has 3 heterocycles. The van der Waals surface area contributed by atoms with Crippen LogP contribution >= 0.6 is 27.5 Å². The third-order valence-corrected chi connectivity index (χ3v) is 7.73. The number of amides is 2. The number of likely N-dealkylation sites (tertiary alicyclic amines) is 2. The number of aromatic nitrogens is 2. The van der Waals surface area contributed by atoms with Gasteiger partial charge in [0.2, 0.25) is 0 Å². The lowest BCUT2D eigenvalue weighted by atomic mass is 9.99. The summed E-state index contributed by atoms with van der Waals surface area (Å²) in [4.78, 5) is 30.1. The summed E-state index contributed by atoms with van der Waals surface area (Å²) in [5.41, 5.74) is 6.91. The molecular weight excluding hydrogens is 522 g/mol. The van der Waals surface area contributed by atoms with Gasteiger partial charge in [0.1, 0.15) is 5.69 Å². The van der Waals surface area contributed by atoms with Crippen LogP contribution in [0.3, 0.4) is 0 Å². The molecule has 2 amide bonds. The molecule has 1 aromatic carbocycles. The molecule has 2 aliphatic rings. The van der Waals surface area contributed by atoms with Crippen LogP contribution in [0, 0.1) is 0 Å². The number of halogens is 2. The third-order valence-electron chi connectivity index (χ3n) is 6.63. The van der Waals surface area contributed by atoms with Crippen LogP contribution in [0.25, 0.3) is 0 Å². The Hall–Kier alpha value is -1.98. The molecule has 2 aliphatic heterocycles. The van der Waals surface area contributed by atoms with Crippen molar-refractivity contribution in [3.8, 4) is 0 Å². The van der Waals surface area contributed by atoms with E-state index < -0.39 is 5.91 Å². The Morgan fingerprint density at radius 3 is 2.56 bits per heavy atom. The van der Waals surface area contributed by atoms with Gasteiger partial charge < -0.3 is 21.3 Å². The Morgan fingerprint density at radius 1 is 1.15 bits per heavy atom. The van der Waals surface area contributed by atoms with E-state index in [9.17, 15) is 9.59 Å². The lowest BCUT2D eigenvalue weighted by Crippen LogP contribution is -2.55. The molecule has 1 atom stereocenters. The molecule has 0 spiro atoms. The Labute approximate surface area is 212 Å². The van der Waals surface area contributed by atoms with E-state index in [1.165, 1.54) is 32.4 Å². The molecule has 2 fully saturated rings. The van der Waals surface area contributed by atoms with E-state index in [0.29, 0.717) is 27.6 Å². The minimum Gasteiger partial charge on any atom is -0.348 e. The number of nitrogens with two attached hydrogens (primary N) is 1. The highest BCUT2D eigenvalue weighted by atomic mass is 79.9. The molecule has 9 nitrogen and oxygen atoms in total. The van der Waals surface area contributed by atoms with Crippen LogP contribution in [0.4, 0.5) is 5.82 Å². The van der Waals surface area contributed by atoms with Crippen LogP contribution < -0.4 is 16.4 Å². The number of hydrogen-bond acceptors (Lipinski definition) is 6. The number of aromatic amines is 1. The molecule has 184 valence electrons. The van der Waals surface area contributed by atoms with Crippen LogP contribution in [-0.4, -0.2) is 76.7 Å². The van der Waals surface area contributed by atoms with E-state index in [1.54, 1.807) is 24.3 Å². The van der Waals surface area contributed by atoms with Crippen molar-refractivity contribution in [3.63, 3.8) is 0 Å². The first-order chi connectivity index (χ1) is 16.4. The Bertz CT molecular complexity index is 1000. The van der Waals surface area contributed by atoms with E-state index >= 15 is 0 Å². The van der Waals surface area contributed by atoms with Gasteiger partial charge in [0.15, 0.2) is 5.82 Å². The lowest BCUT2D eigenvalue weighted by molar-refractivity contribution is 0.0707. The van der Waals surface area contributed by atoms with Gasteiger partial charge in [-0.3, -0.25) is 19.6 Å². The van der Waals surface area contributed by atoms with Crippen LogP contribution in [0.15, 0.2) is 28.7 Å². The van der Waals surface area contributed by atoms with Gasteiger partial charge in [-0.2, -0.15) is 5.10 Å². The maximum absolute atomic E-state index is 12.7. The second-order valence-electron chi connectivity index (χ2n) is 8.84. The van der Waals surface area contributed by atoms with Crippen molar-refractivity contribution in [1.82, 2.24) is 25.3 Å². The minimum absolute atomic E-state index is 0.208. The number of rotatable bonds is 7. The zero-order chi connectivity index (χ0) is 24.1. The van der Waals surface area contributed by atoms with E-state index in [2.05, 4.69) is 46.6 Å². The van der Waals surface area contributed by atoms with Crippen molar-refractivity contribution in [2.45, 2.75) is 44.3 Å². The Kier molecular flexibility index (Phi) is 8.60. The Balaban J connectivity index is 1.26. The molecule has 5 N–H and O–H groups in total. The van der Waals surface area contributed by atoms with Gasteiger partial charge in [0, 0.05) is 25.7 Å². The first-order valence-corrected chi connectivity index (χ1v) is 12.9. The number of piperidine rings is 2. The number of nitrogens with one attached hydrogen (secondary N) is 3. The number of nitrogens with zero attached hydrogens (tertiary/aromatic N) is 3. The SMILES string of the molecule is NC(CNC(=O)c1[nH]nc(NC(=O)c2ccccc2Cl)c1Br)N1CCC(N2CCCCC2)CC1. The summed E-state index contributed by atoms with van der Waals surface area (Å²) in [5.74, 6) is -0.560. The number of hydrogen-bond donors (Lipinski definition) is 4. The van der Waals surface area contributed by atoms with Crippen molar-refractivity contribution in [2.24, 2.45) is 5.73 Å². The summed E-state index contributed by atoms with van der Waals surface area (Å²) in [6.07, 6.45) is 5.93. The average Bonchev–Trinajstić information content (AvgIpc) is 3.23. The van der Waals surface area contributed by atoms with Crippen LogP contribution in [-0.2, 0) is 0 Å². The molecule has 0 aliphatic carbocycles. The molecule has 0 radical (unpaired) electrons. The fraction of sp³-hybridized carbons (Fsp3) is 0.522. The summed E-state index contributed by atoms with van der Waals surface area (Å²) in [7, 11) is 0. The van der Waals surface area contributed by atoms with Gasteiger partial charge >= 0.3 is 0 Å². The molecule has 4 rings (SSSR count). The van der Waals surface area contributed by atoms with E-state index in [-0.39, 0.29) is 23.6 Å². The van der Waals surface area contributed by atoms with Crippen LogP contribution in [0.2, 0.25) is 5.02 Å². The number of benzene rings is 1. The number of carbonyl (C=O) groups is 2. The van der Waals surface area contributed by atoms with Gasteiger partial charge in [-0.05, 0) is 66.8 Å². The zero-order valence-corrected chi connectivity index (χ0v) is 21.4. The molecule has 1 unspecified atom stereocenters. The standard InChI is InChI=1S/C23H31BrClN7O2/c24-19-20(29-30-21(19)28-22(33)16-6-2-3-7-17(16)25)23(34)27-14-18(26)32-12-8-15(9-13-32)31-10-4-1-5-11-31/h2-3,6-7,15,18H,1,4-5,8-14,26H2,(H,27,34)(H2,28,29,30,33). The molecule has 1 aromatic heterocycles.